The van der Waals surface area contributed by atoms with Crippen molar-refractivity contribution in [1.82, 2.24) is 9.80 Å². The Labute approximate surface area is 116 Å². The molecule has 2 aliphatic heterocycles. The molecule has 1 unspecified atom stereocenters. The first-order chi connectivity index (χ1) is 9.31. The van der Waals surface area contributed by atoms with Gasteiger partial charge in [0, 0.05) is 38.8 Å². The Morgan fingerprint density at radius 3 is 2.58 bits per heavy atom. The van der Waals surface area contributed by atoms with Crippen molar-refractivity contribution < 1.29 is 4.74 Å². The Hall–Kier alpha value is -0.630. The fourth-order valence-electron chi connectivity index (χ4n) is 4.07. The van der Waals surface area contributed by atoms with E-state index >= 15 is 0 Å². The largest absolute Gasteiger partial charge is 0.375 e. The predicted octanol–water partition coefficient (Wildman–Crippen LogP) is 1.62. The van der Waals surface area contributed by atoms with Gasteiger partial charge in [0.1, 0.15) is 0 Å². The van der Waals surface area contributed by atoms with Gasteiger partial charge in [-0.05, 0) is 25.7 Å². The van der Waals surface area contributed by atoms with Crippen LogP contribution >= 0.6 is 0 Å². The van der Waals surface area contributed by atoms with Crippen LogP contribution in [-0.4, -0.2) is 60.8 Å². The molecule has 19 heavy (non-hydrogen) atoms. The van der Waals surface area contributed by atoms with Crippen LogP contribution in [0.5, 0.6) is 0 Å². The number of ether oxygens (including phenoxy) is 1. The van der Waals surface area contributed by atoms with E-state index in [1.165, 1.54) is 38.5 Å². The van der Waals surface area contributed by atoms with Crippen molar-refractivity contribution in [3.05, 3.63) is 0 Å². The van der Waals surface area contributed by atoms with Gasteiger partial charge in [0.15, 0.2) is 0 Å². The van der Waals surface area contributed by atoms with E-state index < -0.39 is 0 Å². The van der Waals surface area contributed by atoms with Crippen molar-refractivity contribution in [2.24, 2.45) is 0 Å². The zero-order chi connectivity index (χ0) is 13.1. The maximum Gasteiger partial charge on any atom is 0.0866 e. The summed E-state index contributed by atoms with van der Waals surface area (Å²) in [6.45, 7) is 5.90. The van der Waals surface area contributed by atoms with Gasteiger partial charge in [-0.15, -0.1) is 0 Å². The van der Waals surface area contributed by atoms with Crippen LogP contribution in [0.1, 0.15) is 38.5 Å². The van der Waals surface area contributed by atoms with Crippen LogP contribution in [0.25, 0.3) is 0 Å². The van der Waals surface area contributed by atoms with Crippen molar-refractivity contribution in [3.63, 3.8) is 0 Å². The topological polar surface area (TPSA) is 39.5 Å². The molecule has 4 heteroatoms. The highest BCUT2D eigenvalue weighted by Crippen LogP contribution is 2.41. The molecule has 106 valence electrons. The Morgan fingerprint density at radius 2 is 1.89 bits per heavy atom. The molecule has 3 fully saturated rings. The molecule has 0 aromatic heterocycles. The van der Waals surface area contributed by atoms with Crippen LogP contribution in [0.4, 0.5) is 0 Å². The van der Waals surface area contributed by atoms with E-state index in [-0.39, 0.29) is 5.60 Å². The maximum absolute atomic E-state index is 8.75. The lowest BCUT2D eigenvalue weighted by atomic mass is 9.88. The molecule has 1 saturated carbocycles. The molecule has 0 aromatic carbocycles. The van der Waals surface area contributed by atoms with Crippen LogP contribution in [0.3, 0.4) is 0 Å². The van der Waals surface area contributed by atoms with E-state index in [9.17, 15) is 0 Å². The highest BCUT2D eigenvalue weighted by Gasteiger charge is 2.41. The first-order valence-corrected chi connectivity index (χ1v) is 7.79. The number of nitrogens with zero attached hydrogens (tertiary/aromatic N) is 3. The van der Waals surface area contributed by atoms with E-state index in [0.717, 1.165) is 38.8 Å². The van der Waals surface area contributed by atoms with Gasteiger partial charge in [-0.3, -0.25) is 9.80 Å². The van der Waals surface area contributed by atoms with Gasteiger partial charge in [0.2, 0.25) is 0 Å². The molecule has 3 rings (SSSR count). The van der Waals surface area contributed by atoms with Gasteiger partial charge in [-0.1, -0.05) is 12.8 Å². The second-order valence-corrected chi connectivity index (χ2v) is 6.36. The number of rotatable bonds is 2. The summed E-state index contributed by atoms with van der Waals surface area (Å²) in [6, 6.07) is 2.98. The Balaban J connectivity index is 1.54. The average Bonchev–Trinajstić information content (AvgIpc) is 2.88. The van der Waals surface area contributed by atoms with E-state index in [0.29, 0.717) is 6.54 Å². The minimum absolute atomic E-state index is 0.229. The van der Waals surface area contributed by atoms with Gasteiger partial charge in [0.25, 0.3) is 0 Å². The van der Waals surface area contributed by atoms with Crippen LogP contribution in [0.2, 0.25) is 0 Å². The lowest BCUT2D eigenvalue weighted by molar-refractivity contribution is -0.105. The van der Waals surface area contributed by atoms with Crippen molar-refractivity contribution in [2.45, 2.75) is 50.2 Å². The normalized spacial score (nSPS) is 32.5. The zero-order valence-corrected chi connectivity index (χ0v) is 11.8. The highest BCUT2D eigenvalue weighted by atomic mass is 16.5. The number of nitriles is 1. The SMILES string of the molecule is N#CCN1CCN(C2CCOC3(CCCC3)C2)CC1. The number of hydrogen-bond donors (Lipinski definition) is 0. The maximum atomic E-state index is 8.75. The summed E-state index contributed by atoms with van der Waals surface area (Å²) in [5.41, 5.74) is 0.229. The molecule has 0 amide bonds. The van der Waals surface area contributed by atoms with Gasteiger partial charge in [-0.25, -0.2) is 0 Å². The first kappa shape index (κ1) is 13.4. The third kappa shape index (κ3) is 2.94. The van der Waals surface area contributed by atoms with Gasteiger partial charge >= 0.3 is 0 Å². The van der Waals surface area contributed by atoms with Crippen LogP contribution in [-0.2, 0) is 4.74 Å². The minimum Gasteiger partial charge on any atom is -0.375 e. The van der Waals surface area contributed by atoms with Crippen LogP contribution < -0.4 is 0 Å². The second kappa shape index (κ2) is 5.78. The second-order valence-electron chi connectivity index (χ2n) is 6.36. The molecule has 4 nitrogen and oxygen atoms in total. The Morgan fingerprint density at radius 1 is 1.16 bits per heavy atom. The third-order valence-corrected chi connectivity index (χ3v) is 5.20. The predicted molar refractivity (Wildman–Crippen MR) is 73.8 cm³/mol. The summed E-state index contributed by atoms with van der Waals surface area (Å²) in [7, 11) is 0. The lowest BCUT2D eigenvalue weighted by Crippen LogP contribution is -2.54. The molecule has 0 aromatic rings. The van der Waals surface area contributed by atoms with Crippen LogP contribution in [0, 0.1) is 11.3 Å². The van der Waals surface area contributed by atoms with Crippen molar-refractivity contribution in [2.75, 3.05) is 39.3 Å². The van der Waals surface area contributed by atoms with Gasteiger partial charge < -0.3 is 4.74 Å². The van der Waals surface area contributed by atoms with Crippen molar-refractivity contribution in [1.29, 1.82) is 5.26 Å². The monoisotopic (exact) mass is 263 g/mol. The summed E-state index contributed by atoms with van der Waals surface area (Å²) in [4.78, 5) is 4.91. The summed E-state index contributed by atoms with van der Waals surface area (Å²) in [5, 5.41) is 8.75. The molecule has 3 aliphatic rings. The molecule has 0 radical (unpaired) electrons. The minimum atomic E-state index is 0.229. The van der Waals surface area contributed by atoms with E-state index in [2.05, 4.69) is 15.9 Å². The molecule has 2 heterocycles. The molecule has 1 atom stereocenters. The summed E-state index contributed by atoms with van der Waals surface area (Å²) < 4.78 is 6.13. The smallest absolute Gasteiger partial charge is 0.0866 e. The van der Waals surface area contributed by atoms with E-state index in [1.807, 2.05) is 0 Å². The number of piperazine rings is 1. The summed E-state index contributed by atoms with van der Waals surface area (Å²) >= 11 is 0. The van der Waals surface area contributed by atoms with Gasteiger partial charge in [-0.2, -0.15) is 5.26 Å². The molecule has 0 bridgehead atoms. The fourth-order valence-corrected chi connectivity index (χ4v) is 4.07. The van der Waals surface area contributed by atoms with E-state index in [4.69, 9.17) is 10.00 Å². The van der Waals surface area contributed by atoms with Crippen LogP contribution in [0.15, 0.2) is 0 Å². The zero-order valence-electron chi connectivity index (χ0n) is 11.8. The summed E-state index contributed by atoms with van der Waals surface area (Å²) in [5.74, 6) is 0. The third-order valence-electron chi connectivity index (χ3n) is 5.20. The van der Waals surface area contributed by atoms with Crippen molar-refractivity contribution >= 4 is 0 Å². The van der Waals surface area contributed by atoms with Gasteiger partial charge in [0.05, 0.1) is 18.2 Å². The quantitative estimate of drug-likeness (QED) is 0.710. The lowest BCUT2D eigenvalue weighted by Gasteiger charge is -2.45. The molecular formula is C15H25N3O. The Kier molecular flexibility index (Phi) is 4.07. The highest BCUT2D eigenvalue weighted by molar-refractivity contribution is 4.95. The van der Waals surface area contributed by atoms with Crippen molar-refractivity contribution in [3.8, 4) is 6.07 Å². The molecule has 1 spiro atoms. The molecular weight excluding hydrogens is 238 g/mol. The first-order valence-electron chi connectivity index (χ1n) is 7.79. The fraction of sp³-hybridized carbons (Fsp3) is 0.933. The number of hydrogen-bond acceptors (Lipinski definition) is 4. The molecule has 2 saturated heterocycles. The molecule has 0 N–H and O–H groups in total. The van der Waals surface area contributed by atoms with E-state index in [1.54, 1.807) is 0 Å². The Bertz CT molecular complexity index is 338. The standard InChI is InChI=1S/C15H25N3O/c16-6-7-17-8-10-18(11-9-17)14-3-12-19-15(13-14)4-1-2-5-15/h14H,1-5,7-13H2. The summed E-state index contributed by atoms with van der Waals surface area (Å²) in [6.07, 6.45) is 7.69. The average molecular weight is 263 g/mol. The molecule has 1 aliphatic carbocycles.